The number of benzene rings is 1. The van der Waals surface area contributed by atoms with Gasteiger partial charge in [0.2, 0.25) is 0 Å². The highest BCUT2D eigenvalue weighted by molar-refractivity contribution is 6.31. The third-order valence-corrected chi connectivity index (χ3v) is 3.67. The maximum Gasteiger partial charge on any atom is 0.134 e. The van der Waals surface area contributed by atoms with E-state index in [0.717, 1.165) is 34.2 Å². The zero-order valence-corrected chi connectivity index (χ0v) is 12.4. The van der Waals surface area contributed by atoms with Gasteiger partial charge in [0.15, 0.2) is 0 Å². The minimum Gasteiger partial charge on any atom is -0.460 e. The first kappa shape index (κ1) is 14.4. The van der Waals surface area contributed by atoms with Gasteiger partial charge in [-0.25, -0.2) is 0 Å². The molecule has 1 fully saturated rings. The van der Waals surface area contributed by atoms with Crippen LogP contribution in [0.5, 0.6) is 0 Å². The molecular formula is C15H17Cl2NO. The van der Waals surface area contributed by atoms with E-state index >= 15 is 0 Å². The van der Waals surface area contributed by atoms with Crippen LogP contribution in [0.1, 0.15) is 24.2 Å². The smallest absolute Gasteiger partial charge is 0.134 e. The van der Waals surface area contributed by atoms with Gasteiger partial charge in [0.1, 0.15) is 11.5 Å². The van der Waals surface area contributed by atoms with Crippen molar-refractivity contribution in [1.82, 2.24) is 5.32 Å². The molecular weight excluding hydrogens is 281 g/mol. The largest absolute Gasteiger partial charge is 0.460 e. The van der Waals surface area contributed by atoms with Crippen LogP contribution in [-0.2, 0) is 6.54 Å². The standard InChI is InChI=1S/C15H16ClNO.ClH/c1-10-2-3-11(8-14(10)16)15-7-6-13(18-15)9-17-12-4-5-12;/h2-3,6-8,12,17H,4-5,9H2,1H3;1H. The Bertz CT molecular complexity index is 561. The van der Waals surface area contributed by atoms with Crippen molar-refractivity contribution in [1.29, 1.82) is 0 Å². The lowest BCUT2D eigenvalue weighted by molar-refractivity contribution is 0.492. The van der Waals surface area contributed by atoms with Crippen molar-refractivity contribution in [3.8, 4) is 11.3 Å². The first-order valence-corrected chi connectivity index (χ1v) is 6.69. The van der Waals surface area contributed by atoms with Gasteiger partial charge in [-0.15, -0.1) is 12.4 Å². The van der Waals surface area contributed by atoms with Crippen LogP contribution in [0.15, 0.2) is 34.7 Å². The highest BCUT2D eigenvalue weighted by atomic mass is 35.5. The molecule has 102 valence electrons. The van der Waals surface area contributed by atoms with Crippen molar-refractivity contribution in [2.24, 2.45) is 0 Å². The topological polar surface area (TPSA) is 25.2 Å². The molecule has 1 aliphatic rings. The lowest BCUT2D eigenvalue weighted by Gasteiger charge is -2.02. The lowest BCUT2D eigenvalue weighted by Crippen LogP contribution is -2.14. The van der Waals surface area contributed by atoms with Gasteiger partial charge in [-0.05, 0) is 43.5 Å². The van der Waals surface area contributed by atoms with Crippen molar-refractivity contribution in [2.75, 3.05) is 0 Å². The van der Waals surface area contributed by atoms with Crippen molar-refractivity contribution >= 4 is 24.0 Å². The van der Waals surface area contributed by atoms with Crippen molar-refractivity contribution in [3.05, 3.63) is 46.7 Å². The molecule has 0 aliphatic heterocycles. The SMILES string of the molecule is Cc1ccc(-c2ccc(CNC3CC3)o2)cc1Cl.Cl. The van der Waals surface area contributed by atoms with Gasteiger partial charge in [-0.1, -0.05) is 23.7 Å². The molecule has 1 aliphatic carbocycles. The first-order chi connectivity index (χ1) is 8.72. The second kappa shape index (κ2) is 6.00. The number of hydrogen-bond acceptors (Lipinski definition) is 2. The minimum atomic E-state index is 0. The molecule has 0 amide bonds. The Morgan fingerprint density at radius 2 is 2.05 bits per heavy atom. The van der Waals surface area contributed by atoms with Crippen LogP contribution >= 0.6 is 24.0 Å². The number of nitrogens with one attached hydrogen (secondary N) is 1. The Hall–Kier alpha value is -0.960. The molecule has 19 heavy (non-hydrogen) atoms. The summed E-state index contributed by atoms with van der Waals surface area (Å²) in [7, 11) is 0. The number of furan rings is 1. The molecule has 0 spiro atoms. The highest BCUT2D eigenvalue weighted by Crippen LogP contribution is 2.27. The van der Waals surface area contributed by atoms with E-state index in [1.54, 1.807) is 0 Å². The van der Waals surface area contributed by atoms with Crippen molar-refractivity contribution in [2.45, 2.75) is 32.4 Å². The quantitative estimate of drug-likeness (QED) is 0.893. The second-order valence-electron chi connectivity index (χ2n) is 4.89. The lowest BCUT2D eigenvalue weighted by atomic mass is 10.1. The Balaban J connectivity index is 0.00000133. The van der Waals surface area contributed by atoms with Gasteiger partial charge in [0, 0.05) is 16.6 Å². The Morgan fingerprint density at radius 1 is 1.26 bits per heavy atom. The van der Waals surface area contributed by atoms with E-state index in [0.29, 0.717) is 6.04 Å². The molecule has 4 heteroatoms. The summed E-state index contributed by atoms with van der Waals surface area (Å²) < 4.78 is 5.82. The minimum absolute atomic E-state index is 0. The van der Waals surface area contributed by atoms with Gasteiger partial charge in [-0.3, -0.25) is 0 Å². The van der Waals surface area contributed by atoms with E-state index in [-0.39, 0.29) is 12.4 Å². The molecule has 0 radical (unpaired) electrons. The Morgan fingerprint density at radius 3 is 2.74 bits per heavy atom. The molecule has 0 saturated heterocycles. The normalized spacial score (nSPS) is 14.2. The molecule has 3 rings (SSSR count). The molecule has 2 aromatic rings. The summed E-state index contributed by atoms with van der Waals surface area (Å²) in [4.78, 5) is 0. The predicted octanol–water partition coefficient (Wildman–Crippen LogP) is 4.58. The zero-order chi connectivity index (χ0) is 12.5. The fraction of sp³-hybridized carbons (Fsp3) is 0.333. The Kier molecular flexibility index (Phi) is 4.56. The average molecular weight is 298 g/mol. The van der Waals surface area contributed by atoms with Crippen LogP contribution in [-0.4, -0.2) is 6.04 Å². The average Bonchev–Trinajstić information content (AvgIpc) is 3.08. The zero-order valence-electron chi connectivity index (χ0n) is 10.8. The summed E-state index contributed by atoms with van der Waals surface area (Å²) >= 11 is 6.13. The third kappa shape index (κ3) is 3.53. The second-order valence-corrected chi connectivity index (χ2v) is 5.29. The van der Waals surface area contributed by atoms with Crippen LogP contribution in [0, 0.1) is 6.92 Å². The number of rotatable bonds is 4. The number of aryl methyl sites for hydroxylation is 1. The van der Waals surface area contributed by atoms with Crippen molar-refractivity contribution < 1.29 is 4.42 Å². The molecule has 1 heterocycles. The Labute approximate surface area is 124 Å². The molecule has 0 unspecified atom stereocenters. The molecule has 1 N–H and O–H groups in total. The van der Waals surface area contributed by atoms with Crippen LogP contribution in [0.25, 0.3) is 11.3 Å². The maximum absolute atomic E-state index is 6.13. The molecule has 0 atom stereocenters. The maximum atomic E-state index is 6.13. The van der Waals surface area contributed by atoms with Crippen LogP contribution in [0.3, 0.4) is 0 Å². The fourth-order valence-corrected chi connectivity index (χ4v) is 2.09. The summed E-state index contributed by atoms with van der Waals surface area (Å²) in [5, 5.41) is 4.22. The predicted molar refractivity (Wildman–Crippen MR) is 81.0 cm³/mol. The van der Waals surface area contributed by atoms with Crippen LogP contribution in [0.4, 0.5) is 0 Å². The molecule has 1 aromatic carbocycles. The summed E-state index contributed by atoms with van der Waals surface area (Å²) in [6.07, 6.45) is 2.59. The summed E-state index contributed by atoms with van der Waals surface area (Å²) in [5.74, 6) is 1.86. The van der Waals surface area contributed by atoms with E-state index in [9.17, 15) is 0 Å². The van der Waals surface area contributed by atoms with E-state index in [2.05, 4.69) is 5.32 Å². The third-order valence-electron chi connectivity index (χ3n) is 3.26. The highest BCUT2D eigenvalue weighted by Gasteiger charge is 2.20. The summed E-state index contributed by atoms with van der Waals surface area (Å²) in [5.41, 5.74) is 2.12. The fourth-order valence-electron chi connectivity index (χ4n) is 1.91. The van der Waals surface area contributed by atoms with E-state index in [1.807, 2.05) is 37.3 Å². The van der Waals surface area contributed by atoms with Crippen LogP contribution < -0.4 is 5.32 Å². The van der Waals surface area contributed by atoms with E-state index < -0.39 is 0 Å². The monoisotopic (exact) mass is 297 g/mol. The summed E-state index contributed by atoms with van der Waals surface area (Å²) in [6.45, 7) is 2.81. The van der Waals surface area contributed by atoms with Gasteiger partial charge in [-0.2, -0.15) is 0 Å². The van der Waals surface area contributed by atoms with Gasteiger partial charge in [0.25, 0.3) is 0 Å². The molecule has 1 aromatic heterocycles. The van der Waals surface area contributed by atoms with E-state index in [4.69, 9.17) is 16.0 Å². The van der Waals surface area contributed by atoms with Gasteiger partial charge >= 0.3 is 0 Å². The van der Waals surface area contributed by atoms with E-state index in [1.165, 1.54) is 12.8 Å². The van der Waals surface area contributed by atoms with Crippen LogP contribution in [0.2, 0.25) is 5.02 Å². The number of hydrogen-bond donors (Lipinski definition) is 1. The van der Waals surface area contributed by atoms with Gasteiger partial charge in [0.05, 0.1) is 6.54 Å². The molecule has 2 nitrogen and oxygen atoms in total. The number of halogens is 2. The van der Waals surface area contributed by atoms with Gasteiger partial charge < -0.3 is 9.73 Å². The molecule has 0 bridgehead atoms. The summed E-state index contributed by atoms with van der Waals surface area (Å²) in [6, 6.07) is 10.7. The first-order valence-electron chi connectivity index (χ1n) is 6.31. The van der Waals surface area contributed by atoms with Crippen molar-refractivity contribution in [3.63, 3.8) is 0 Å². The molecule has 1 saturated carbocycles.